The van der Waals surface area contributed by atoms with Crippen molar-refractivity contribution in [2.24, 2.45) is 0 Å². The van der Waals surface area contributed by atoms with Crippen molar-refractivity contribution in [2.45, 2.75) is 84.0 Å². The van der Waals surface area contributed by atoms with Crippen molar-refractivity contribution in [1.82, 2.24) is 5.32 Å². The Balaban J connectivity index is 1.65. The fourth-order valence-corrected chi connectivity index (χ4v) is 5.15. The van der Waals surface area contributed by atoms with Crippen LogP contribution >= 0.6 is 23.6 Å². The van der Waals surface area contributed by atoms with E-state index in [1.54, 1.807) is 11.3 Å². The Labute approximate surface area is 173 Å². The molecule has 0 atom stereocenters. The van der Waals surface area contributed by atoms with Gasteiger partial charge in [-0.05, 0) is 43.5 Å². The van der Waals surface area contributed by atoms with Gasteiger partial charge in [-0.2, -0.15) is 0 Å². The number of esters is 1. The van der Waals surface area contributed by atoms with Gasteiger partial charge in [-0.1, -0.05) is 58.3 Å². The first-order valence-corrected chi connectivity index (χ1v) is 11.7. The Morgan fingerprint density at radius 2 is 1.74 bits per heavy atom. The topological polar surface area (TPSA) is 50.4 Å². The van der Waals surface area contributed by atoms with Gasteiger partial charge in [0.25, 0.3) is 0 Å². The fraction of sp³-hybridized carbons (Fsp3) is 0.714. The van der Waals surface area contributed by atoms with Crippen LogP contribution in [0.25, 0.3) is 0 Å². The molecular formula is C21H34N2O2S2. The molecule has 1 aliphatic carbocycles. The number of thiocarbonyl (C=S) groups is 1. The fourth-order valence-electron chi connectivity index (χ4n) is 3.60. The van der Waals surface area contributed by atoms with E-state index in [-0.39, 0.29) is 5.97 Å². The van der Waals surface area contributed by atoms with E-state index in [1.165, 1.54) is 63.4 Å². The number of carbonyl (C=O) groups is 1. The summed E-state index contributed by atoms with van der Waals surface area (Å²) in [5.41, 5.74) is 1.83. The van der Waals surface area contributed by atoms with Crippen LogP contribution in [0.3, 0.4) is 0 Å². The first kappa shape index (κ1) is 22.2. The highest BCUT2D eigenvalue weighted by molar-refractivity contribution is 7.80. The average molecular weight is 411 g/mol. The van der Waals surface area contributed by atoms with Crippen LogP contribution in [-0.2, 0) is 17.6 Å². The molecule has 0 fully saturated rings. The number of unbranched alkanes of at least 4 members (excludes halogenated alkanes) is 8. The molecule has 0 radical (unpaired) electrons. The smallest absolute Gasteiger partial charge is 0.341 e. The molecule has 0 saturated heterocycles. The van der Waals surface area contributed by atoms with Gasteiger partial charge < -0.3 is 15.4 Å². The van der Waals surface area contributed by atoms with Crippen LogP contribution in [-0.4, -0.2) is 24.7 Å². The second-order valence-electron chi connectivity index (χ2n) is 7.26. The number of thiophene rings is 1. The SMILES string of the molecule is CCCCCCCCCCCNC(=S)Nc1sc2c(c1C(=O)OC)CCC2. The third-order valence-electron chi connectivity index (χ3n) is 5.10. The number of rotatable bonds is 12. The number of anilines is 1. The molecular weight excluding hydrogens is 376 g/mol. The van der Waals surface area contributed by atoms with Gasteiger partial charge in [-0.3, -0.25) is 0 Å². The van der Waals surface area contributed by atoms with Gasteiger partial charge in [0.1, 0.15) is 5.00 Å². The van der Waals surface area contributed by atoms with Gasteiger partial charge in [-0.15, -0.1) is 11.3 Å². The van der Waals surface area contributed by atoms with Crippen LogP contribution in [0.4, 0.5) is 5.00 Å². The minimum atomic E-state index is -0.265. The average Bonchev–Trinajstić information content (AvgIpc) is 3.23. The maximum atomic E-state index is 12.2. The highest BCUT2D eigenvalue weighted by Gasteiger charge is 2.27. The molecule has 1 aliphatic rings. The lowest BCUT2D eigenvalue weighted by molar-refractivity contribution is 0.0601. The van der Waals surface area contributed by atoms with E-state index < -0.39 is 0 Å². The lowest BCUT2D eigenvalue weighted by atomic mass is 10.1. The third-order valence-corrected chi connectivity index (χ3v) is 6.56. The lowest BCUT2D eigenvalue weighted by Crippen LogP contribution is -2.29. The Kier molecular flexibility index (Phi) is 10.1. The standard InChI is InChI=1S/C21H34N2O2S2/c1-3-4-5-6-7-8-9-10-11-15-22-21(26)23-19-18(20(24)25-2)16-13-12-14-17(16)27-19/h3-15H2,1-2H3,(H2,22,23,26). The normalized spacial score (nSPS) is 12.7. The Morgan fingerprint density at radius 3 is 2.41 bits per heavy atom. The minimum absolute atomic E-state index is 0.265. The predicted octanol–water partition coefficient (Wildman–Crippen LogP) is 5.84. The summed E-state index contributed by atoms with van der Waals surface area (Å²) in [5.74, 6) is -0.265. The van der Waals surface area contributed by atoms with E-state index in [1.807, 2.05) is 0 Å². The number of methoxy groups -OCH3 is 1. The second-order valence-corrected chi connectivity index (χ2v) is 8.78. The van der Waals surface area contributed by atoms with Crippen molar-refractivity contribution >= 4 is 39.6 Å². The lowest BCUT2D eigenvalue weighted by Gasteiger charge is -2.11. The number of carbonyl (C=O) groups excluding carboxylic acids is 1. The minimum Gasteiger partial charge on any atom is -0.465 e. The summed E-state index contributed by atoms with van der Waals surface area (Å²) < 4.78 is 4.97. The Bertz CT molecular complexity index is 614. The number of ether oxygens (including phenoxy) is 1. The molecule has 2 N–H and O–H groups in total. The summed E-state index contributed by atoms with van der Waals surface area (Å²) in [5, 5.41) is 7.92. The third kappa shape index (κ3) is 7.07. The number of fused-ring (bicyclic) bond motifs is 1. The van der Waals surface area contributed by atoms with Gasteiger partial charge in [0, 0.05) is 11.4 Å². The first-order valence-electron chi connectivity index (χ1n) is 10.4. The van der Waals surface area contributed by atoms with E-state index >= 15 is 0 Å². The quantitative estimate of drug-likeness (QED) is 0.257. The molecule has 0 unspecified atom stereocenters. The van der Waals surface area contributed by atoms with E-state index in [9.17, 15) is 4.79 Å². The molecule has 0 amide bonds. The van der Waals surface area contributed by atoms with Gasteiger partial charge in [0.2, 0.25) is 0 Å². The summed E-state index contributed by atoms with van der Waals surface area (Å²) in [4.78, 5) is 13.5. The maximum absolute atomic E-state index is 12.2. The molecule has 152 valence electrons. The summed E-state index contributed by atoms with van der Waals surface area (Å²) in [7, 11) is 1.44. The first-order chi connectivity index (χ1) is 13.2. The van der Waals surface area contributed by atoms with E-state index in [2.05, 4.69) is 17.6 Å². The molecule has 0 aliphatic heterocycles. The second kappa shape index (κ2) is 12.3. The number of hydrogen-bond donors (Lipinski definition) is 2. The summed E-state index contributed by atoms with van der Waals surface area (Å²) in [6, 6.07) is 0. The number of aryl methyl sites for hydroxylation is 1. The van der Waals surface area contributed by atoms with Gasteiger partial charge in [0.15, 0.2) is 5.11 Å². The highest BCUT2D eigenvalue weighted by Crippen LogP contribution is 2.39. The monoisotopic (exact) mass is 410 g/mol. The molecule has 0 spiro atoms. The largest absolute Gasteiger partial charge is 0.465 e. The Hall–Kier alpha value is -1.14. The highest BCUT2D eigenvalue weighted by atomic mass is 32.1. The van der Waals surface area contributed by atoms with Crippen LogP contribution in [0, 0.1) is 0 Å². The molecule has 1 heterocycles. The molecule has 27 heavy (non-hydrogen) atoms. The molecule has 0 aromatic carbocycles. The van der Waals surface area contributed by atoms with E-state index in [4.69, 9.17) is 17.0 Å². The Morgan fingerprint density at radius 1 is 1.07 bits per heavy atom. The maximum Gasteiger partial charge on any atom is 0.341 e. The van der Waals surface area contributed by atoms with Crippen molar-refractivity contribution < 1.29 is 9.53 Å². The van der Waals surface area contributed by atoms with Crippen LogP contribution in [0.5, 0.6) is 0 Å². The molecule has 0 saturated carbocycles. The number of nitrogens with one attached hydrogen (secondary N) is 2. The van der Waals surface area contributed by atoms with E-state index in [0.717, 1.165) is 42.8 Å². The van der Waals surface area contributed by atoms with Crippen molar-refractivity contribution in [1.29, 1.82) is 0 Å². The zero-order valence-electron chi connectivity index (χ0n) is 16.8. The molecule has 1 aromatic heterocycles. The molecule has 0 bridgehead atoms. The zero-order valence-corrected chi connectivity index (χ0v) is 18.5. The molecule has 6 heteroatoms. The van der Waals surface area contributed by atoms with Crippen LogP contribution in [0.1, 0.15) is 91.9 Å². The van der Waals surface area contributed by atoms with Crippen molar-refractivity contribution in [3.8, 4) is 0 Å². The van der Waals surface area contributed by atoms with Crippen molar-refractivity contribution in [2.75, 3.05) is 19.0 Å². The van der Waals surface area contributed by atoms with Crippen LogP contribution in [0.15, 0.2) is 0 Å². The molecule has 2 rings (SSSR count). The molecule has 4 nitrogen and oxygen atoms in total. The van der Waals surface area contributed by atoms with E-state index in [0.29, 0.717) is 10.7 Å². The summed E-state index contributed by atoms with van der Waals surface area (Å²) in [6.07, 6.45) is 15.0. The summed E-state index contributed by atoms with van der Waals surface area (Å²) in [6.45, 7) is 3.13. The number of hydrogen-bond acceptors (Lipinski definition) is 4. The zero-order chi connectivity index (χ0) is 19.5. The predicted molar refractivity (Wildman–Crippen MR) is 119 cm³/mol. The van der Waals surface area contributed by atoms with Crippen molar-refractivity contribution in [3.05, 3.63) is 16.0 Å². The van der Waals surface area contributed by atoms with Gasteiger partial charge in [0.05, 0.1) is 12.7 Å². The van der Waals surface area contributed by atoms with Gasteiger partial charge in [-0.25, -0.2) is 4.79 Å². The summed E-state index contributed by atoms with van der Waals surface area (Å²) >= 11 is 7.06. The molecule has 1 aromatic rings. The van der Waals surface area contributed by atoms with Crippen molar-refractivity contribution in [3.63, 3.8) is 0 Å². The van der Waals surface area contributed by atoms with Gasteiger partial charge >= 0.3 is 5.97 Å². The van der Waals surface area contributed by atoms with Crippen LogP contribution in [0.2, 0.25) is 0 Å². The van der Waals surface area contributed by atoms with Crippen LogP contribution < -0.4 is 10.6 Å².